The first kappa shape index (κ1) is 16.8. The van der Waals surface area contributed by atoms with Gasteiger partial charge in [0, 0.05) is 29.6 Å². The number of halogens is 3. The lowest BCUT2D eigenvalue weighted by Crippen LogP contribution is -2.20. The van der Waals surface area contributed by atoms with Crippen molar-refractivity contribution in [1.29, 1.82) is 0 Å². The fraction of sp³-hybridized carbons (Fsp3) is 0.211. The molecule has 0 bridgehead atoms. The van der Waals surface area contributed by atoms with E-state index in [1.54, 1.807) is 0 Å². The number of hydrogen-bond acceptors (Lipinski definition) is 2. The van der Waals surface area contributed by atoms with E-state index in [4.69, 9.17) is 11.6 Å². The van der Waals surface area contributed by atoms with Crippen LogP contribution in [-0.4, -0.2) is 4.98 Å². The van der Waals surface area contributed by atoms with Crippen LogP contribution in [0.15, 0.2) is 42.5 Å². The van der Waals surface area contributed by atoms with Crippen molar-refractivity contribution >= 4 is 22.5 Å². The zero-order valence-electron chi connectivity index (χ0n) is 13.4. The van der Waals surface area contributed by atoms with Crippen LogP contribution in [-0.2, 0) is 6.54 Å². The molecular weight excluding hydrogens is 330 g/mol. The third-order valence-electron chi connectivity index (χ3n) is 4.15. The summed E-state index contributed by atoms with van der Waals surface area (Å²) in [6, 6.07) is 11.1. The average Bonchev–Trinajstić information content (AvgIpc) is 2.56. The van der Waals surface area contributed by atoms with E-state index >= 15 is 0 Å². The largest absolute Gasteiger partial charge is 0.304 e. The molecule has 1 N–H and O–H groups in total. The van der Waals surface area contributed by atoms with Crippen molar-refractivity contribution in [3.05, 3.63) is 75.9 Å². The molecule has 0 fully saturated rings. The minimum absolute atomic E-state index is 0.296. The predicted molar refractivity (Wildman–Crippen MR) is 93.1 cm³/mol. The van der Waals surface area contributed by atoms with Crippen molar-refractivity contribution in [1.82, 2.24) is 10.3 Å². The number of benzene rings is 2. The number of nitrogens with one attached hydrogen (secondary N) is 1. The van der Waals surface area contributed by atoms with E-state index in [0.29, 0.717) is 22.8 Å². The molecule has 5 heteroatoms. The minimum atomic E-state index is -0.585. The zero-order chi connectivity index (χ0) is 17.3. The maximum atomic E-state index is 13.9. The van der Waals surface area contributed by atoms with E-state index in [1.807, 2.05) is 38.1 Å². The molecule has 3 rings (SSSR count). The SMILES string of the molecule is Cc1c(Cl)c(CNC(C)c2ccc(F)cc2F)nc2ccccc12. The molecule has 124 valence electrons. The number of nitrogens with zero attached hydrogens (tertiary/aromatic N) is 1. The molecular formula is C19H17ClF2N2. The van der Waals surface area contributed by atoms with E-state index in [9.17, 15) is 8.78 Å². The first-order valence-electron chi connectivity index (χ1n) is 7.69. The van der Waals surface area contributed by atoms with Crippen LogP contribution in [0.5, 0.6) is 0 Å². The third kappa shape index (κ3) is 3.25. The minimum Gasteiger partial charge on any atom is -0.304 e. The van der Waals surface area contributed by atoms with Crippen molar-refractivity contribution in [2.45, 2.75) is 26.4 Å². The molecule has 0 amide bonds. The molecule has 0 aliphatic carbocycles. The highest BCUT2D eigenvalue weighted by Crippen LogP contribution is 2.27. The smallest absolute Gasteiger partial charge is 0.130 e. The van der Waals surface area contributed by atoms with Gasteiger partial charge in [0.05, 0.1) is 16.2 Å². The highest BCUT2D eigenvalue weighted by atomic mass is 35.5. The predicted octanol–water partition coefficient (Wildman–Crippen LogP) is 5.33. The van der Waals surface area contributed by atoms with Gasteiger partial charge in [-0.15, -0.1) is 0 Å². The lowest BCUT2D eigenvalue weighted by molar-refractivity contribution is 0.515. The quantitative estimate of drug-likeness (QED) is 0.691. The average molecular weight is 347 g/mol. The summed E-state index contributed by atoms with van der Waals surface area (Å²) >= 11 is 6.43. The Balaban J connectivity index is 1.84. The molecule has 2 nitrogen and oxygen atoms in total. The second kappa shape index (κ2) is 6.83. The van der Waals surface area contributed by atoms with E-state index in [2.05, 4.69) is 10.3 Å². The first-order valence-corrected chi connectivity index (χ1v) is 8.07. The highest BCUT2D eigenvalue weighted by Gasteiger charge is 2.14. The molecule has 0 saturated heterocycles. The molecule has 24 heavy (non-hydrogen) atoms. The van der Waals surface area contributed by atoms with Crippen LogP contribution in [0.25, 0.3) is 10.9 Å². The standard InChI is InChI=1S/C19H17ClF2N2/c1-11-14-5-3-4-6-17(14)24-18(19(11)20)10-23-12(2)15-8-7-13(21)9-16(15)22/h3-9,12,23H,10H2,1-2H3. The van der Waals surface area contributed by atoms with Crippen LogP contribution in [0.4, 0.5) is 8.78 Å². The van der Waals surface area contributed by atoms with E-state index in [1.165, 1.54) is 12.1 Å². The molecule has 1 atom stereocenters. The Labute approximate surface area is 144 Å². The summed E-state index contributed by atoms with van der Waals surface area (Å²) < 4.78 is 26.9. The summed E-state index contributed by atoms with van der Waals surface area (Å²) in [7, 11) is 0. The number of hydrogen-bond donors (Lipinski definition) is 1. The van der Waals surface area contributed by atoms with Gasteiger partial charge in [-0.1, -0.05) is 35.9 Å². The Hall–Kier alpha value is -2.04. The Bertz CT molecular complexity index is 896. The fourth-order valence-electron chi connectivity index (χ4n) is 2.75. The van der Waals surface area contributed by atoms with Crippen LogP contribution in [0.2, 0.25) is 5.02 Å². The van der Waals surface area contributed by atoms with Crippen LogP contribution in [0.1, 0.15) is 29.8 Å². The Morgan fingerprint density at radius 1 is 1.17 bits per heavy atom. The summed E-state index contributed by atoms with van der Waals surface area (Å²) in [4.78, 5) is 4.59. The maximum Gasteiger partial charge on any atom is 0.130 e. The maximum absolute atomic E-state index is 13.9. The Morgan fingerprint density at radius 3 is 2.67 bits per heavy atom. The van der Waals surface area contributed by atoms with E-state index < -0.39 is 11.6 Å². The van der Waals surface area contributed by atoms with Crippen molar-refractivity contribution in [2.75, 3.05) is 0 Å². The lowest BCUT2D eigenvalue weighted by atomic mass is 10.1. The molecule has 0 aliphatic heterocycles. The number of fused-ring (bicyclic) bond motifs is 1. The Kier molecular flexibility index (Phi) is 4.78. The summed E-state index contributed by atoms with van der Waals surface area (Å²) in [5, 5.41) is 4.82. The van der Waals surface area contributed by atoms with Gasteiger partial charge in [-0.3, -0.25) is 0 Å². The molecule has 3 aromatic rings. The van der Waals surface area contributed by atoms with Crippen molar-refractivity contribution in [2.24, 2.45) is 0 Å². The number of rotatable bonds is 4. The molecule has 1 heterocycles. The second-order valence-corrected chi connectivity index (χ2v) is 6.16. The van der Waals surface area contributed by atoms with Crippen molar-refractivity contribution < 1.29 is 8.78 Å². The number of para-hydroxylation sites is 1. The highest BCUT2D eigenvalue weighted by molar-refractivity contribution is 6.32. The fourth-order valence-corrected chi connectivity index (χ4v) is 2.96. The van der Waals surface area contributed by atoms with Gasteiger partial charge in [-0.05, 0) is 31.5 Å². The van der Waals surface area contributed by atoms with Gasteiger partial charge in [0.1, 0.15) is 11.6 Å². The number of aromatic nitrogens is 1. The Morgan fingerprint density at radius 2 is 1.92 bits per heavy atom. The van der Waals surface area contributed by atoms with Crippen molar-refractivity contribution in [3.8, 4) is 0 Å². The van der Waals surface area contributed by atoms with Crippen LogP contribution < -0.4 is 5.32 Å². The second-order valence-electron chi connectivity index (χ2n) is 5.78. The molecule has 0 spiro atoms. The monoisotopic (exact) mass is 346 g/mol. The first-order chi connectivity index (χ1) is 11.5. The van der Waals surface area contributed by atoms with E-state index in [-0.39, 0.29) is 6.04 Å². The molecule has 1 unspecified atom stereocenters. The third-order valence-corrected chi connectivity index (χ3v) is 4.65. The topological polar surface area (TPSA) is 24.9 Å². The zero-order valence-corrected chi connectivity index (χ0v) is 14.2. The molecule has 0 saturated carbocycles. The normalized spacial score (nSPS) is 12.5. The molecule has 1 aromatic heterocycles. The van der Waals surface area contributed by atoms with E-state index in [0.717, 1.165) is 22.5 Å². The van der Waals surface area contributed by atoms with Gasteiger partial charge in [0.25, 0.3) is 0 Å². The number of aryl methyl sites for hydroxylation is 1. The lowest BCUT2D eigenvalue weighted by Gasteiger charge is -2.16. The van der Waals surface area contributed by atoms with Crippen molar-refractivity contribution in [3.63, 3.8) is 0 Å². The summed E-state index contributed by atoms with van der Waals surface area (Å²) in [5.74, 6) is -1.15. The van der Waals surface area contributed by atoms with Crippen LogP contribution in [0.3, 0.4) is 0 Å². The van der Waals surface area contributed by atoms with Gasteiger partial charge in [-0.25, -0.2) is 13.8 Å². The van der Waals surface area contributed by atoms with Gasteiger partial charge in [-0.2, -0.15) is 0 Å². The van der Waals surface area contributed by atoms with Crippen LogP contribution in [0, 0.1) is 18.6 Å². The molecule has 0 radical (unpaired) electrons. The number of pyridine rings is 1. The molecule has 2 aromatic carbocycles. The van der Waals surface area contributed by atoms with Gasteiger partial charge in [0.2, 0.25) is 0 Å². The summed E-state index contributed by atoms with van der Waals surface area (Å²) in [5.41, 5.74) is 2.96. The van der Waals surface area contributed by atoms with Crippen LogP contribution >= 0.6 is 11.6 Å². The van der Waals surface area contributed by atoms with Gasteiger partial charge in [0.15, 0.2) is 0 Å². The summed E-state index contributed by atoms with van der Waals surface area (Å²) in [6.07, 6.45) is 0. The van der Waals surface area contributed by atoms with Gasteiger partial charge >= 0.3 is 0 Å². The van der Waals surface area contributed by atoms with Gasteiger partial charge < -0.3 is 5.32 Å². The molecule has 0 aliphatic rings. The summed E-state index contributed by atoms with van der Waals surface area (Å²) in [6.45, 7) is 4.17.